The van der Waals surface area contributed by atoms with Crippen molar-refractivity contribution in [1.82, 2.24) is 35.3 Å². The second-order valence-electron chi connectivity index (χ2n) is 16.0. The predicted molar refractivity (Wildman–Crippen MR) is 204 cm³/mol. The lowest BCUT2D eigenvalue weighted by molar-refractivity contribution is -0.150. The van der Waals surface area contributed by atoms with Gasteiger partial charge in [0.25, 0.3) is 0 Å². The molecule has 2 aliphatic heterocycles. The van der Waals surface area contributed by atoms with Crippen LogP contribution in [0.5, 0.6) is 0 Å². The Kier molecular flexibility index (Phi) is 13.4. The number of ether oxygens (including phenoxy) is 1. The van der Waals surface area contributed by atoms with E-state index in [2.05, 4.69) is 34.7 Å². The summed E-state index contributed by atoms with van der Waals surface area (Å²) in [5.74, 6) is -2.80. The van der Waals surface area contributed by atoms with E-state index in [1.54, 1.807) is 18.7 Å². The van der Waals surface area contributed by atoms with Crippen LogP contribution < -0.4 is 5.32 Å². The molecule has 0 aliphatic carbocycles. The summed E-state index contributed by atoms with van der Waals surface area (Å²) in [5, 5.41) is 25.3. The first kappa shape index (κ1) is 41.0. The lowest BCUT2D eigenvalue weighted by Crippen LogP contribution is -2.55. The van der Waals surface area contributed by atoms with E-state index in [9.17, 15) is 29.1 Å². The number of aryl methyl sites for hydroxylation is 1. The molecule has 0 radical (unpaired) electrons. The zero-order valence-electron chi connectivity index (χ0n) is 32.8. The number of likely N-dealkylation sites (tertiary alicyclic amines) is 1. The van der Waals surface area contributed by atoms with Crippen molar-refractivity contribution >= 4 is 29.7 Å². The number of carbonyl (C=O) groups excluding carboxylic acids is 4. The number of aliphatic carboxylic acids is 1. The Hall–Kier alpha value is -5.14. The molecule has 3 heterocycles. The zero-order chi connectivity index (χ0) is 39.9. The Morgan fingerprint density at radius 1 is 0.945 bits per heavy atom. The van der Waals surface area contributed by atoms with Gasteiger partial charge >= 0.3 is 12.1 Å². The van der Waals surface area contributed by atoms with Gasteiger partial charge in [-0.1, -0.05) is 82.3 Å². The maximum Gasteiger partial charge on any atom is 0.410 e. The maximum absolute atomic E-state index is 14.0. The number of carboxylic acid groups (broad SMARTS) is 1. The quantitative estimate of drug-likeness (QED) is 0.193. The fourth-order valence-electron chi connectivity index (χ4n) is 7.53. The van der Waals surface area contributed by atoms with Crippen LogP contribution in [0.25, 0.3) is 0 Å². The van der Waals surface area contributed by atoms with Gasteiger partial charge in [0, 0.05) is 44.7 Å². The van der Waals surface area contributed by atoms with Gasteiger partial charge in [-0.3, -0.25) is 14.4 Å². The minimum atomic E-state index is -1.22. The number of rotatable bonds is 16. The van der Waals surface area contributed by atoms with Crippen LogP contribution >= 0.6 is 0 Å². The van der Waals surface area contributed by atoms with Crippen molar-refractivity contribution in [3.63, 3.8) is 0 Å². The molecule has 0 spiro atoms. The molecule has 2 unspecified atom stereocenters. The van der Waals surface area contributed by atoms with Crippen molar-refractivity contribution < 1.29 is 33.8 Å². The Bertz CT molecular complexity index is 1830. The first-order chi connectivity index (χ1) is 26.2. The Morgan fingerprint density at radius 2 is 1.64 bits per heavy atom. The molecule has 296 valence electrons. The Balaban J connectivity index is 1.14. The van der Waals surface area contributed by atoms with E-state index < -0.39 is 53.5 Å². The lowest BCUT2D eigenvalue weighted by Gasteiger charge is -2.31. The first-order valence-electron chi connectivity index (χ1n) is 19.4. The van der Waals surface area contributed by atoms with E-state index in [0.717, 1.165) is 17.0 Å². The maximum atomic E-state index is 14.0. The number of carbonyl (C=O) groups is 5. The van der Waals surface area contributed by atoms with Gasteiger partial charge in [-0.25, -0.2) is 14.3 Å². The number of benzene rings is 2. The van der Waals surface area contributed by atoms with Gasteiger partial charge in [0.15, 0.2) is 5.82 Å². The summed E-state index contributed by atoms with van der Waals surface area (Å²) in [7, 11) is 0. The van der Waals surface area contributed by atoms with Crippen LogP contribution in [-0.2, 0) is 48.8 Å². The SMILES string of the molecule is CC(C)C(NC(=O)[C@@H](CC(=O)CCCCc1nnnn1C(C)(C)c1ccccc1)C(C)C)C(=O)N1CC(OC(=O)N2CCc3ccccc3C2)C[C@H]1C(=O)O. The molecule has 2 aliphatic rings. The van der Waals surface area contributed by atoms with Gasteiger partial charge in [0.2, 0.25) is 11.8 Å². The number of carboxylic acids is 1. The summed E-state index contributed by atoms with van der Waals surface area (Å²) in [5.41, 5.74) is 2.83. The van der Waals surface area contributed by atoms with Gasteiger partial charge < -0.3 is 25.0 Å². The second-order valence-corrected chi connectivity index (χ2v) is 16.0. The standard InChI is InChI=1S/C41H55N7O7/c1-26(2)33(22-31(49)18-12-13-19-35-43-44-45-48(35)41(5,6)30-16-8-7-9-17-30)37(50)42-36(27(3)4)38(51)47-25-32(23-34(47)39(52)53)55-40(54)46-21-20-28-14-10-11-15-29(28)24-46/h7-11,14-17,26-27,32-34,36H,12-13,18-25H2,1-6H3,(H,42,50)(H,52,53)/t32?,33-,34-,36?/m0/s1. The highest BCUT2D eigenvalue weighted by Gasteiger charge is 2.45. The molecule has 1 fully saturated rings. The van der Waals surface area contributed by atoms with E-state index in [-0.39, 0.29) is 43.4 Å². The molecule has 3 aromatic rings. The number of unbranched alkanes of at least 4 members (excludes halogenated alkanes) is 1. The number of aromatic nitrogens is 4. The van der Waals surface area contributed by atoms with E-state index in [0.29, 0.717) is 38.8 Å². The van der Waals surface area contributed by atoms with Crippen molar-refractivity contribution in [3.8, 4) is 0 Å². The average Bonchev–Trinajstić information content (AvgIpc) is 3.82. The minimum absolute atomic E-state index is 0.0156. The highest BCUT2D eigenvalue weighted by atomic mass is 16.6. The Morgan fingerprint density at radius 3 is 2.31 bits per heavy atom. The molecule has 0 bridgehead atoms. The normalized spacial score (nSPS) is 18.2. The third-order valence-electron chi connectivity index (χ3n) is 11.0. The van der Waals surface area contributed by atoms with Crippen molar-refractivity contribution in [3.05, 3.63) is 77.1 Å². The van der Waals surface area contributed by atoms with Crippen LogP contribution in [0.15, 0.2) is 54.6 Å². The fraction of sp³-hybridized carbons (Fsp3) is 0.561. The van der Waals surface area contributed by atoms with Crippen LogP contribution in [0.1, 0.15) is 96.2 Å². The summed E-state index contributed by atoms with van der Waals surface area (Å²) in [6.45, 7) is 12.1. The largest absolute Gasteiger partial charge is 0.480 e. The third-order valence-corrected chi connectivity index (χ3v) is 11.0. The number of nitrogens with zero attached hydrogens (tertiary/aromatic N) is 6. The number of Topliss-reactive ketones (excluding diaryl/α,β-unsaturated/α-hetero) is 1. The summed E-state index contributed by atoms with van der Waals surface area (Å²) in [6, 6.07) is 15.6. The number of tetrazole rings is 1. The lowest BCUT2D eigenvalue weighted by atomic mass is 9.88. The molecule has 1 aromatic heterocycles. The zero-order valence-corrected chi connectivity index (χ0v) is 32.8. The smallest absolute Gasteiger partial charge is 0.410 e. The molecule has 1 saturated heterocycles. The molecule has 2 N–H and O–H groups in total. The number of hydrogen-bond acceptors (Lipinski definition) is 9. The molecule has 2 aromatic carbocycles. The summed E-state index contributed by atoms with van der Waals surface area (Å²) in [6.07, 6.45) is 1.43. The van der Waals surface area contributed by atoms with Crippen LogP contribution in [-0.4, -0.2) is 96.1 Å². The molecule has 55 heavy (non-hydrogen) atoms. The average molecular weight is 758 g/mol. The summed E-state index contributed by atoms with van der Waals surface area (Å²) in [4.78, 5) is 69.2. The summed E-state index contributed by atoms with van der Waals surface area (Å²) < 4.78 is 7.57. The van der Waals surface area contributed by atoms with Crippen LogP contribution in [0.3, 0.4) is 0 Å². The molecular weight excluding hydrogens is 702 g/mol. The monoisotopic (exact) mass is 757 g/mol. The van der Waals surface area contributed by atoms with E-state index in [4.69, 9.17) is 4.74 Å². The highest BCUT2D eigenvalue weighted by molar-refractivity contribution is 5.93. The van der Waals surface area contributed by atoms with E-state index in [1.807, 2.05) is 73.1 Å². The highest BCUT2D eigenvalue weighted by Crippen LogP contribution is 2.28. The molecule has 14 heteroatoms. The minimum Gasteiger partial charge on any atom is -0.480 e. The van der Waals surface area contributed by atoms with Crippen LogP contribution in [0.4, 0.5) is 4.79 Å². The molecule has 14 nitrogen and oxygen atoms in total. The third kappa shape index (κ3) is 9.95. The van der Waals surface area contributed by atoms with Crippen molar-refractivity contribution in [1.29, 1.82) is 0 Å². The van der Waals surface area contributed by atoms with Gasteiger partial charge in [0.05, 0.1) is 12.1 Å². The van der Waals surface area contributed by atoms with Gasteiger partial charge in [-0.15, -0.1) is 5.10 Å². The number of hydrogen-bond donors (Lipinski definition) is 2. The number of fused-ring (bicyclic) bond motifs is 1. The van der Waals surface area contributed by atoms with Gasteiger partial charge in [-0.05, 0) is 72.1 Å². The van der Waals surface area contributed by atoms with E-state index in [1.165, 1.54) is 10.5 Å². The first-order valence-corrected chi connectivity index (χ1v) is 19.4. The number of nitrogens with one attached hydrogen (secondary N) is 1. The topological polar surface area (TPSA) is 177 Å². The summed E-state index contributed by atoms with van der Waals surface area (Å²) >= 11 is 0. The van der Waals surface area contributed by atoms with Crippen LogP contribution in [0.2, 0.25) is 0 Å². The van der Waals surface area contributed by atoms with Crippen molar-refractivity contribution in [2.24, 2.45) is 17.8 Å². The molecule has 4 atom stereocenters. The van der Waals surface area contributed by atoms with Crippen LogP contribution in [0, 0.1) is 17.8 Å². The van der Waals surface area contributed by atoms with Gasteiger partial charge in [0.1, 0.15) is 24.0 Å². The second kappa shape index (κ2) is 18.0. The molecule has 3 amide bonds. The predicted octanol–water partition coefficient (Wildman–Crippen LogP) is 4.79. The van der Waals surface area contributed by atoms with Gasteiger partial charge in [-0.2, -0.15) is 0 Å². The van der Waals surface area contributed by atoms with Crippen molar-refractivity contribution in [2.75, 3.05) is 13.1 Å². The fourth-order valence-corrected chi connectivity index (χ4v) is 7.53. The van der Waals surface area contributed by atoms with E-state index >= 15 is 0 Å². The van der Waals surface area contributed by atoms with Crippen molar-refractivity contribution in [2.45, 2.75) is 117 Å². The molecule has 0 saturated carbocycles. The molecule has 5 rings (SSSR count). The molecular formula is C41H55N7O7. The number of amides is 3. The Labute approximate surface area is 323 Å². The number of ketones is 1.